The van der Waals surface area contributed by atoms with Gasteiger partial charge in [-0.2, -0.15) is 0 Å². The van der Waals surface area contributed by atoms with E-state index in [0.717, 1.165) is 45.2 Å². The zero-order chi connectivity index (χ0) is 17.3. The zero-order valence-electron chi connectivity index (χ0n) is 15.8. The van der Waals surface area contributed by atoms with Gasteiger partial charge in [0.25, 0.3) is 0 Å². The van der Waals surface area contributed by atoms with Crippen LogP contribution in [0.15, 0.2) is 0 Å². The van der Waals surface area contributed by atoms with Crippen LogP contribution in [0.1, 0.15) is 85.0 Å². The lowest BCUT2D eigenvalue weighted by Crippen LogP contribution is -2.16. The standard InChI is InChI=1S/C20H40O3/c1-4-6-7-8-9-10-14-23-15-13-18(3)20(5-2)12-11-19(16-21)17-22/h16,18-20,22H,4-15,17H2,1-3H3. The van der Waals surface area contributed by atoms with Gasteiger partial charge in [-0.1, -0.05) is 59.3 Å². The fraction of sp³-hybridized carbons (Fsp3) is 0.950. The molecule has 0 spiro atoms. The van der Waals surface area contributed by atoms with Crippen LogP contribution in [-0.2, 0) is 9.53 Å². The first-order valence-corrected chi connectivity index (χ1v) is 9.83. The van der Waals surface area contributed by atoms with E-state index >= 15 is 0 Å². The Morgan fingerprint density at radius 3 is 2.26 bits per heavy atom. The van der Waals surface area contributed by atoms with Crippen LogP contribution in [0.2, 0.25) is 0 Å². The molecule has 0 aromatic carbocycles. The molecule has 3 unspecified atom stereocenters. The maximum absolute atomic E-state index is 10.8. The van der Waals surface area contributed by atoms with E-state index in [1.807, 2.05) is 0 Å². The Balaban J connectivity index is 3.64. The molecule has 0 heterocycles. The molecule has 0 aliphatic carbocycles. The predicted octanol–water partition coefficient (Wildman–Crippen LogP) is 5.00. The number of hydrogen-bond acceptors (Lipinski definition) is 3. The summed E-state index contributed by atoms with van der Waals surface area (Å²) in [5, 5.41) is 9.09. The topological polar surface area (TPSA) is 46.5 Å². The summed E-state index contributed by atoms with van der Waals surface area (Å²) < 4.78 is 5.78. The lowest BCUT2D eigenvalue weighted by atomic mass is 9.84. The van der Waals surface area contributed by atoms with Crippen molar-refractivity contribution in [3.8, 4) is 0 Å². The van der Waals surface area contributed by atoms with E-state index in [2.05, 4.69) is 20.8 Å². The van der Waals surface area contributed by atoms with Crippen molar-refractivity contribution in [3.63, 3.8) is 0 Å². The molecule has 3 heteroatoms. The van der Waals surface area contributed by atoms with Gasteiger partial charge in [-0.3, -0.25) is 0 Å². The minimum atomic E-state index is -0.180. The van der Waals surface area contributed by atoms with Gasteiger partial charge in [0, 0.05) is 19.1 Å². The summed E-state index contributed by atoms with van der Waals surface area (Å²) in [6.45, 7) is 8.48. The van der Waals surface area contributed by atoms with Crippen molar-refractivity contribution in [2.75, 3.05) is 19.8 Å². The quantitative estimate of drug-likeness (QED) is 0.302. The van der Waals surface area contributed by atoms with Crippen molar-refractivity contribution in [3.05, 3.63) is 0 Å². The maximum Gasteiger partial charge on any atom is 0.125 e. The van der Waals surface area contributed by atoms with Crippen molar-refractivity contribution < 1.29 is 14.6 Å². The highest BCUT2D eigenvalue weighted by molar-refractivity contribution is 5.53. The van der Waals surface area contributed by atoms with Crippen molar-refractivity contribution in [1.29, 1.82) is 0 Å². The number of carbonyl (C=O) groups excluding carboxylic acids is 1. The van der Waals surface area contributed by atoms with Gasteiger partial charge in [-0.15, -0.1) is 0 Å². The number of carbonyl (C=O) groups is 1. The molecule has 0 fully saturated rings. The Labute approximate surface area is 144 Å². The molecule has 23 heavy (non-hydrogen) atoms. The van der Waals surface area contributed by atoms with E-state index in [1.54, 1.807) is 0 Å². The van der Waals surface area contributed by atoms with Gasteiger partial charge < -0.3 is 14.6 Å². The third kappa shape index (κ3) is 12.7. The number of aliphatic hydroxyl groups excluding tert-OH is 1. The molecule has 0 saturated heterocycles. The largest absolute Gasteiger partial charge is 0.396 e. The average molecular weight is 329 g/mol. The van der Waals surface area contributed by atoms with Gasteiger partial charge in [0.2, 0.25) is 0 Å². The second kappa shape index (κ2) is 16.4. The number of unbranched alkanes of at least 4 members (excludes halogenated alkanes) is 5. The van der Waals surface area contributed by atoms with Crippen molar-refractivity contribution >= 4 is 6.29 Å². The lowest BCUT2D eigenvalue weighted by molar-refractivity contribution is -0.112. The highest BCUT2D eigenvalue weighted by atomic mass is 16.5. The van der Waals surface area contributed by atoms with E-state index in [1.165, 1.54) is 38.5 Å². The summed E-state index contributed by atoms with van der Waals surface area (Å²) in [6.07, 6.45) is 12.8. The summed E-state index contributed by atoms with van der Waals surface area (Å²) >= 11 is 0. The summed E-state index contributed by atoms with van der Waals surface area (Å²) in [4.78, 5) is 10.8. The maximum atomic E-state index is 10.8. The van der Waals surface area contributed by atoms with Gasteiger partial charge in [0.1, 0.15) is 6.29 Å². The highest BCUT2D eigenvalue weighted by Gasteiger charge is 2.17. The van der Waals surface area contributed by atoms with Gasteiger partial charge in [0.05, 0.1) is 6.61 Å². The van der Waals surface area contributed by atoms with E-state index in [4.69, 9.17) is 9.84 Å². The average Bonchev–Trinajstić information content (AvgIpc) is 2.57. The van der Waals surface area contributed by atoms with Crippen LogP contribution in [0.4, 0.5) is 0 Å². The predicted molar refractivity (Wildman–Crippen MR) is 97.6 cm³/mol. The normalized spacial score (nSPS) is 15.3. The van der Waals surface area contributed by atoms with Crippen LogP contribution >= 0.6 is 0 Å². The molecule has 0 amide bonds. The first-order chi connectivity index (χ1) is 11.2. The van der Waals surface area contributed by atoms with E-state index < -0.39 is 0 Å². The number of rotatable bonds is 17. The van der Waals surface area contributed by atoms with Crippen LogP contribution in [0.3, 0.4) is 0 Å². The van der Waals surface area contributed by atoms with Crippen LogP contribution in [0.5, 0.6) is 0 Å². The molecule has 138 valence electrons. The summed E-state index contributed by atoms with van der Waals surface area (Å²) in [5.74, 6) is 1.07. The van der Waals surface area contributed by atoms with E-state index in [-0.39, 0.29) is 12.5 Å². The minimum Gasteiger partial charge on any atom is -0.396 e. The van der Waals surface area contributed by atoms with E-state index in [9.17, 15) is 4.79 Å². The summed E-state index contributed by atoms with van der Waals surface area (Å²) in [6, 6.07) is 0. The van der Waals surface area contributed by atoms with Crippen LogP contribution < -0.4 is 0 Å². The Hall–Kier alpha value is -0.410. The molecule has 0 aliphatic heterocycles. The Morgan fingerprint density at radius 2 is 1.65 bits per heavy atom. The molecule has 0 aliphatic rings. The molecule has 0 aromatic rings. The summed E-state index contributed by atoms with van der Waals surface area (Å²) in [5.41, 5.74) is 0. The molecule has 0 bridgehead atoms. The molecular weight excluding hydrogens is 288 g/mol. The van der Waals surface area contributed by atoms with E-state index in [0.29, 0.717) is 11.8 Å². The fourth-order valence-electron chi connectivity index (χ4n) is 3.11. The molecular formula is C20H40O3. The zero-order valence-corrected chi connectivity index (χ0v) is 15.8. The van der Waals surface area contributed by atoms with Crippen molar-refractivity contribution in [2.45, 2.75) is 85.0 Å². The monoisotopic (exact) mass is 328 g/mol. The number of aliphatic hydroxyl groups is 1. The number of hydrogen-bond donors (Lipinski definition) is 1. The Bertz CT molecular complexity index is 255. The van der Waals surface area contributed by atoms with Crippen molar-refractivity contribution in [1.82, 2.24) is 0 Å². The first-order valence-electron chi connectivity index (χ1n) is 9.83. The molecule has 3 nitrogen and oxygen atoms in total. The molecule has 3 atom stereocenters. The third-order valence-corrected chi connectivity index (χ3v) is 5.02. The van der Waals surface area contributed by atoms with Gasteiger partial charge in [-0.25, -0.2) is 0 Å². The molecule has 0 rings (SSSR count). The molecule has 0 aromatic heterocycles. The second-order valence-corrected chi connectivity index (χ2v) is 6.97. The fourth-order valence-corrected chi connectivity index (χ4v) is 3.11. The van der Waals surface area contributed by atoms with Crippen LogP contribution in [-0.4, -0.2) is 31.2 Å². The van der Waals surface area contributed by atoms with Crippen molar-refractivity contribution in [2.24, 2.45) is 17.8 Å². The summed E-state index contributed by atoms with van der Waals surface area (Å²) in [7, 11) is 0. The van der Waals surface area contributed by atoms with Gasteiger partial charge in [0.15, 0.2) is 0 Å². The Morgan fingerprint density at radius 1 is 0.957 bits per heavy atom. The molecule has 1 N–H and O–H groups in total. The van der Waals surface area contributed by atoms with Crippen LogP contribution in [0, 0.1) is 17.8 Å². The lowest BCUT2D eigenvalue weighted by Gasteiger charge is -2.23. The minimum absolute atomic E-state index is 0.0182. The number of ether oxygens (including phenoxy) is 1. The second-order valence-electron chi connectivity index (χ2n) is 6.97. The Kier molecular flexibility index (Phi) is 16.2. The smallest absolute Gasteiger partial charge is 0.125 e. The van der Waals surface area contributed by atoms with Crippen LogP contribution in [0.25, 0.3) is 0 Å². The van der Waals surface area contributed by atoms with Gasteiger partial charge in [-0.05, 0) is 37.5 Å². The number of aldehydes is 1. The SMILES string of the molecule is CCCCCCCCOCCC(C)C(CC)CCC(C=O)CO. The molecule has 0 saturated carbocycles. The first kappa shape index (κ1) is 22.6. The van der Waals surface area contributed by atoms with Gasteiger partial charge >= 0.3 is 0 Å². The third-order valence-electron chi connectivity index (χ3n) is 5.02. The molecule has 0 radical (unpaired) electrons. The highest BCUT2D eigenvalue weighted by Crippen LogP contribution is 2.25.